The normalized spacial score (nSPS) is 24.1. The molecule has 2 fully saturated rings. The first-order chi connectivity index (χ1) is 12.2. The Bertz CT molecular complexity index is 619. The van der Waals surface area contributed by atoms with Crippen LogP contribution in [0.5, 0.6) is 11.5 Å². The minimum absolute atomic E-state index is 0.0194. The first-order valence-corrected chi connectivity index (χ1v) is 9.01. The number of aliphatic hydroxyl groups excluding tert-OH is 1. The Kier molecular flexibility index (Phi) is 5.49. The molecule has 0 aliphatic carbocycles. The van der Waals surface area contributed by atoms with Crippen molar-refractivity contribution in [3.8, 4) is 11.5 Å². The summed E-state index contributed by atoms with van der Waals surface area (Å²) < 4.78 is 11.0. The minimum Gasteiger partial charge on any atom is -0.493 e. The van der Waals surface area contributed by atoms with Gasteiger partial charge in [-0.1, -0.05) is 12.1 Å². The van der Waals surface area contributed by atoms with E-state index in [2.05, 4.69) is 4.90 Å². The summed E-state index contributed by atoms with van der Waals surface area (Å²) in [4.78, 5) is 17.3. The van der Waals surface area contributed by atoms with Crippen LogP contribution in [0, 0.1) is 0 Å². The van der Waals surface area contributed by atoms with Crippen LogP contribution in [0.1, 0.15) is 31.2 Å². The van der Waals surface area contributed by atoms with Crippen LogP contribution < -0.4 is 9.47 Å². The van der Waals surface area contributed by atoms with E-state index < -0.39 is 5.54 Å². The fourth-order valence-corrected chi connectivity index (χ4v) is 4.37. The molecule has 138 valence electrons. The third kappa shape index (κ3) is 3.20. The predicted octanol–water partition coefficient (Wildman–Crippen LogP) is 1.65. The number of carbonyl (C=O) groups excluding carboxylic acids is 1. The second-order valence-corrected chi connectivity index (χ2v) is 6.83. The lowest BCUT2D eigenvalue weighted by Crippen LogP contribution is -2.60. The summed E-state index contributed by atoms with van der Waals surface area (Å²) in [5, 5.41) is 9.26. The van der Waals surface area contributed by atoms with Crippen molar-refractivity contribution in [1.29, 1.82) is 0 Å². The van der Waals surface area contributed by atoms with Gasteiger partial charge >= 0.3 is 0 Å². The van der Waals surface area contributed by atoms with Gasteiger partial charge in [0.25, 0.3) is 0 Å². The standard InChI is InChI=1S/C19H28N2O4/c1-24-16-7-3-6-15(17(16)25-2)14-21-11-5-9-19(21)8-4-10-20(12-13-22)18(19)23/h3,6-7,22H,4-5,8-14H2,1-2H3. The highest BCUT2D eigenvalue weighted by molar-refractivity contribution is 5.87. The number of hydrogen-bond acceptors (Lipinski definition) is 5. The minimum atomic E-state index is -0.429. The van der Waals surface area contributed by atoms with E-state index >= 15 is 0 Å². The highest BCUT2D eigenvalue weighted by Gasteiger charge is 2.50. The summed E-state index contributed by atoms with van der Waals surface area (Å²) in [6.45, 7) is 2.76. The van der Waals surface area contributed by atoms with Gasteiger partial charge in [0.05, 0.1) is 20.8 Å². The molecule has 2 heterocycles. The molecule has 25 heavy (non-hydrogen) atoms. The fraction of sp³-hybridized carbons (Fsp3) is 0.632. The second kappa shape index (κ2) is 7.62. The number of piperidine rings is 1. The van der Waals surface area contributed by atoms with E-state index in [4.69, 9.17) is 9.47 Å². The third-order valence-corrected chi connectivity index (χ3v) is 5.54. The molecular formula is C19H28N2O4. The van der Waals surface area contributed by atoms with Gasteiger partial charge in [0.15, 0.2) is 11.5 Å². The number of ether oxygens (including phenoxy) is 2. The Morgan fingerprint density at radius 1 is 1.16 bits per heavy atom. The average molecular weight is 348 g/mol. The van der Waals surface area contributed by atoms with Gasteiger partial charge < -0.3 is 19.5 Å². The van der Waals surface area contributed by atoms with E-state index in [1.807, 2.05) is 23.1 Å². The molecule has 1 N–H and O–H groups in total. The Labute approximate surface area is 149 Å². The van der Waals surface area contributed by atoms with E-state index in [1.165, 1.54) is 0 Å². The number of para-hydroxylation sites is 1. The van der Waals surface area contributed by atoms with Crippen LogP contribution in [-0.4, -0.2) is 66.8 Å². The van der Waals surface area contributed by atoms with Crippen molar-refractivity contribution in [1.82, 2.24) is 9.80 Å². The zero-order valence-electron chi connectivity index (χ0n) is 15.2. The molecule has 1 unspecified atom stereocenters. The Balaban J connectivity index is 1.86. The summed E-state index contributed by atoms with van der Waals surface area (Å²) in [5.41, 5.74) is 0.608. The molecule has 1 aromatic carbocycles. The third-order valence-electron chi connectivity index (χ3n) is 5.54. The zero-order chi connectivity index (χ0) is 17.9. The molecule has 1 atom stereocenters. The van der Waals surface area contributed by atoms with Crippen molar-refractivity contribution in [2.24, 2.45) is 0 Å². The van der Waals surface area contributed by atoms with Crippen molar-refractivity contribution in [3.05, 3.63) is 23.8 Å². The molecule has 1 aromatic rings. The number of rotatable bonds is 6. The molecule has 3 rings (SSSR count). The largest absolute Gasteiger partial charge is 0.493 e. The molecule has 2 aliphatic rings. The number of likely N-dealkylation sites (tertiary alicyclic amines) is 2. The van der Waals surface area contributed by atoms with Crippen LogP contribution in [0.4, 0.5) is 0 Å². The monoisotopic (exact) mass is 348 g/mol. The topological polar surface area (TPSA) is 62.2 Å². The highest BCUT2D eigenvalue weighted by Crippen LogP contribution is 2.41. The van der Waals surface area contributed by atoms with Gasteiger partial charge in [0, 0.05) is 25.2 Å². The summed E-state index contributed by atoms with van der Waals surface area (Å²) in [6.07, 6.45) is 3.78. The maximum Gasteiger partial charge on any atom is 0.243 e. The predicted molar refractivity (Wildman–Crippen MR) is 94.8 cm³/mol. The Hall–Kier alpha value is -1.79. The lowest BCUT2D eigenvalue weighted by Gasteiger charge is -2.44. The second-order valence-electron chi connectivity index (χ2n) is 6.83. The molecular weight excluding hydrogens is 320 g/mol. The zero-order valence-corrected chi connectivity index (χ0v) is 15.2. The lowest BCUT2D eigenvalue weighted by atomic mass is 9.85. The van der Waals surface area contributed by atoms with Gasteiger partial charge in [-0.15, -0.1) is 0 Å². The van der Waals surface area contributed by atoms with Crippen LogP contribution in [0.15, 0.2) is 18.2 Å². The quantitative estimate of drug-likeness (QED) is 0.847. The SMILES string of the molecule is COc1cccc(CN2CCCC23CCCN(CCO)C3=O)c1OC. The number of aliphatic hydroxyl groups is 1. The fourth-order valence-electron chi connectivity index (χ4n) is 4.37. The molecule has 0 saturated carbocycles. The van der Waals surface area contributed by atoms with E-state index in [1.54, 1.807) is 14.2 Å². The Morgan fingerprint density at radius 2 is 1.92 bits per heavy atom. The summed E-state index contributed by atoms with van der Waals surface area (Å²) in [7, 11) is 3.28. The van der Waals surface area contributed by atoms with Crippen LogP contribution in [0.2, 0.25) is 0 Å². The van der Waals surface area contributed by atoms with Gasteiger partial charge in [-0.05, 0) is 38.3 Å². The van der Waals surface area contributed by atoms with Crippen molar-refractivity contribution in [2.45, 2.75) is 37.8 Å². The summed E-state index contributed by atoms with van der Waals surface area (Å²) >= 11 is 0. The van der Waals surface area contributed by atoms with Crippen LogP contribution in [-0.2, 0) is 11.3 Å². The number of amides is 1. The molecule has 6 nitrogen and oxygen atoms in total. The van der Waals surface area contributed by atoms with E-state index in [0.29, 0.717) is 18.8 Å². The molecule has 0 radical (unpaired) electrons. The van der Waals surface area contributed by atoms with Crippen molar-refractivity contribution in [2.75, 3.05) is 40.5 Å². The number of methoxy groups -OCH3 is 2. The molecule has 1 amide bonds. The van der Waals surface area contributed by atoms with Crippen molar-refractivity contribution in [3.63, 3.8) is 0 Å². The highest BCUT2D eigenvalue weighted by atomic mass is 16.5. The summed E-state index contributed by atoms with van der Waals surface area (Å²) in [5.74, 6) is 1.62. The lowest BCUT2D eigenvalue weighted by molar-refractivity contribution is -0.148. The van der Waals surface area contributed by atoms with E-state index in [-0.39, 0.29) is 12.5 Å². The van der Waals surface area contributed by atoms with Gasteiger partial charge in [-0.3, -0.25) is 9.69 Å². The maximum absolute atomic E-state index is 13.1. The molecule has 6 heteroatoms. The molecule has 1 spiro atoms. The number of carbonyl (C=O) groups is 1. The number of benzene rings is 1. The van der Waals surface area contributed by atoms with Gasteiger partial charge in [-0.25, -0.2) is 0 Å². The van der Waals surface area contributed by atoms with Gasteiger partial charge in [-0.2, -0.15) is 0 Å². The molecule has 2 saturated heterocycles. The van der Waals surface area contributed by atoms with Gasteiger partial charge in [0.2, 0.25) is 5.91 Å². The molecule has 0 aromatic heterocycles. The molecule has 0 bridgehead atoms. The van der Waals surface area contributed by atoms with Gasteiger partial charge in [0.1, 0.15) is 5.54 Å². The van der Waals surface area contributed by atoms with Crippen molar-refractivity contribution < 1.29 is 19.4 Å². The Morgan fingerprint density at radius 3 is 2.60 bits per heavy atom. The number of hydrogen-bond donors (Lipinski definition) is 1. The molecule has 2 aliphatic heterocycles. The van der Waals surface area contributed by atoms with Crippen LogP contribution in [0.25, 0.3) is 0 Å². The van der Waals surface area contributed by atoms with Crippen LogP contribution in [0.3, 0.4) is 0 Å². The summed E-state index contributed by atoms with van der Waals surface area (Å²) in [6, 6.07) is 5.88. The van der Waals surface area contributed by atoms with Crippen LogP contribution >= 0.6 is 0 Å². The van der Waals surface area contributed by atoms with E-state index in [9.17, 15) is 9.90 Å². The first-order valence-electron chi connectivity index (χ1n) is 9.01. The first kappa shape index (κ1) is 18.0. The maximum atomic E-state index is 13.1. The van der Waals surface area contributed by atoms with E-state index in [0.717, 1.165) is 50.1 Å². The average Bonchev–Trinajstić information content (AvgIpc) is 3.02. The number of nitrogens with zero attached hydrogens (tertiary/aromatic N) is 2. The smallest absolute Gasteiger partial charge is 0.243 e. The number of β-amino-alcohol motifs (C(OH)–C–C–N with tert-alkyl or cyclic N) is 1. The van der Waals surface area contributed by atoms with Crippen molar-refractivity contribution >= 4 is 5.91 Å².